The normalized spacial score (nSPS) is 11.0. The lowest BCUT2D eigenvalue weighted by Gasteiger charge is -2.06. The van der Waals surface area contributed by atoms with Crippen LogP contribution in [0.25, 0.3) is 22.2 Å². The third kappa shape index (κ3) is 2.95. The van der Waals surface area contributed by atoms with Crippen LogP contribution in [0, 0.1) is 0 Å². The third-order valence-electron chi connectivity index (χ3n) is 4.17. The van der Waals surface area contributed by atoms with Crippen molar-refractivity contribution in [2.45, 2.75) is 0 Å². The maximum atomic E-state index is 13.2. The van der Waals surface area contributed by atoms with Gasteiger partial charge in [-0.25, -0.2) is 0 Å². The minimum atomic E-state index is -0.0425. The van der Waals surface area contributed by atoms with Gasteiger partial charge in [0.05, 0.1) is 11.3 Å². The second-order valence-corrected chi connectivity index (χ2v) is 6.64. The summed E-state index contributed by atoms with van der Waals surface area (Å²) in [6.45, 7) is 0. The molecule has 4 rings (SSSR count). The van der Waals surface area contributed by atoms with Crippen molar-refractivity contribution in [1.82, 2.24) is 4.98 Å². The molecule has 0 saturated carbocycles. The number of carbonyl (C=O) groups is 1. The van der Waals surface area contributed by atoms with Crippen LogP contribution in [-0.2, 0) is 0 Å². The average molecular weight is 366 g/mol. The van der Waals surface area contributed by atoms with E-state index in [1.165, 1.54) is 0 Å². The van der Waals surface area contributed by atoms with E-state index in [4.69, 9.17) is 23.2 Å². The quantitative estimate of drug-likeness (QED) is 0.420. The summed E-state index contributed by atoms with van der Waals surface area (Å²) in [6.07, 6.45) is 0. The molecule has 0 aliphatic carbocycles. The molecule has 2 nitrogen and oxygen atoms in total. The maximum absolute atomic E-state index is 13.2. The number of benzene rings is 3. The first-order valence-corrected chi connectivity index (χ1v) is 8.56. The van der Waals surface area contributed by atoms with E-state index in [-0.39, 0.29) is 5.78 Å². The molecule has 1 heterocycles. The Morgan fingerprint density at radius 1 is 0.760 bits per heavy atom. The average Bonchev–Trinajstić information content (AvgIpc) is 3.02. The smallest absolute Gasteiger partial charge is 0.195 e. The SMILES string of the molecule is O=C(c1ccc(Cl)cc1)c1c(-c2ccc(Cl)cc2)[nH]c2ccccc12. The van der Waals surface area contributed by atoms with Crippen molar-refractivity contribution < 1.29 is 4.79 Å². The molecule has 0 spiro atoms. The van der Waals surface area contributed by atoms with Gasteiger partial charge in [0.15, 0.2) is 5.78 Å². The number of ketones is 1. The van der Waals surface area contributed by atoms with E-state index in [1.54, 1.807) is 24.3 Å². The first-order chi connectivity index (χ1) is 12.1. The van der Waals surface area contributed by atoms with Crippen LogP contribution in [0.5, 0.6) is 0 Å². The minimum absolute atomic E-state index is 0.0425. The molecule has 0 fully saturated rings. The second-order valence-electron chi connectivity index (χ2n) is 5.76. The van der Waals surface area contributed by atoms with Gasteiger partial charge in [0.1, 0.15) is 0 Å². The van der Waals surface area contributed by atoms with E-state index in [0.29, 0.717) is 21.2 Å². The van der Waals surface area contributed by atoms with Crippen molar-refractivity contribution in [2.24, 2.45) is 0 Å². The van der Waals surface area contributed by atoms with Crippen molar-refractivity contribution in [2.75, 3.05) is 0 Å². The Balaban J connectivity index is 1.94. The highest BCUT2D eigenvalue weighted by molar-refractivity contribution is 6.31. The van der Waals surface area contributed by atoms with Crippen molar-refractivity contribution >= 4 is 39.9 Å². The highest BCUT2D eigenvalue weighted by Gasteiger charge is 2.20. The molecule has 0 aliphatic heterocycles. The van der Waals surface area contributed by atoms with Gasteiger partial charge < -0.3 is 4.98 Å². The lowest BCUT2D eigenvalue weighted by Crippen LogP contribution is -2.02. The Hall–Kier alpha value is -2.55. The first kappa shape index (κ1) is 15.9. The van der Waals surface area contributed by atoms with Gasteiger partial charge in [0, 0.05) is 26.5 Å². The summed E-state index contributed by atoms with van der Waals surface area (Å²) in [5.41, 5.74) is 3.88. The van der Waals surface area contributed by atoms with Crippen LogP contribution in [0.1, 0.15) is 15.9 Å². The number of H-pyrrole nitrogens is 1. The lowest BCUT2D eigenvalue weighted by molar-refractivity contribution is 0.104. The molecule has 0 amide bonds. The van der Waals surface area contributed by atoms with Crippen LogP contribution >= 0.6 is 23.2 Å². The molecule has 0 saturated heterocycles. The fourth-order valence-corrected chi connectivity index (χ4v) is 3.21. The van der Waals surface area contributed by atoms with Crippen molar-refractivity contribution in [3.63, 3.8) is 0 Å². The molecule has 0 bridgehead atoms. The summed E-state index contributed by atoms with van der Waals surface area (Å²) in [7, 11) is 0. The van der Waals surface area contributed by atoms with Crippen molar-refractivity contribution in [3.05, 3.63) is 94.0 Å². The van der Waals surface area contributed by atoms with E-state index in [9.17, 15) is 4.79 Å². The number of rotatable bonds is 3. The van der Waals surface area contributed by atoms with Crippen LogP contribution in [0.3, 0.4) is 0 Å². The fourth-order valence-electron chi connectivity index (χ4n) is 2.96. The number of hydrogen-bond acceptors (Lipinski definition) is 1. The summed E-state index contributed by atoms with van der Waals surface area (Å²) >= 11 is 11.9. The zero-order chi connectivity index (χ0) is 17.4. The van der Waals surface area contributed by atoms with E-state index in [0.717, 1.165) is 22.2 Å². The number of aromatic nitrogens is 1. The Labute approximate surface area is 155 Å². The Morgan fingerprint density at radius 2 is 1.36 bits per heavy atom. The van der Waals surface area contributed by atoms with E-state index >= 15 is 0 Å². The minimum Gasteiger partial charge on any atom is -0.354 e. The van der Waals surface area contributed by atoms with E-state index in [2.05, 4.69) is 4.98 Å². The fraction of sp³-hybridized carbons (Fsp3) is 0. The van der Waals surface area contributed by atoms with Crippen LogP contribution < -0.4 is 0 Å². The molecule has 4 heteroatoms. The molecule has 3 aromatic carbocycles. The highest BCUT2D eigenvalue weighted by Crippen LogP contribution is 2.33. The Kier molecular flexibility index (Phi) is 4.08. The molecule has 1 aromatic heterocycles. The molecule has 122 valence electrons. The predicted molar refractivity (Wildman–Crippen MR) is 104 cm³/mol. The van der Waals surface area contributed by atoms with Crippen LogP contribution in [0.2, 0.25) is 10.0 Å². The number of fused-ring (bicyclic) bond motifs is 1. The van der Waals surface area contributed by atoms with Gasteiger partial charge in [0.25, 0.3) is 0 Å². The van der Waals surface area contributed by atoms with E-state index in [1.807, 2.05) is 48.5 Å². The summed E-state index contributed by atoms with van der Waals surface area (Å²) < 4.78 is 0. The third-order valence-corrected chi connectivity index (χ3v) is 4.68. The summed E-state index contributed by atoms with van der Waals surface area (Å²) in [6, 6.07) is 22.2. The van der Waals surface area contributed by atoms with Crippen molar-refractivity contribution in [3.8, 4) is 11.3 Å². The molecule has 0 aliphatic rings. The summed E-state index contributed by atoms with van der Waals surface area (Å²) in [4.78, 5) is 16.6. The van der Waals surface area contributed by atoms with Gasteiger partial charge in [-0.2, -0.15) is 0 Å². The summed E-state index contributed by atoms with van der Waals surface area (Å²) in [5, 5.41) is 2.16. The molecular weight excluding hydrogens is 353 g/mol. The van der Waals surface area contributed by atoms with Gasteiger partial charge >= 0.3 is 0 Å². The molecular formula is C21H13Cl2NO. The van der Waals surface area contributed by atoms with E-state index < -0.39 is 0 Å². The standard InChI is InChI=1S/C21H13Cl2NO/c22-15-9-5-13(6-10-15)20-19(17-3-1-2-4-18(17)24-20)21(25)14-7-11-16(23)12-8-14/h1-12,24H. The predicted octanol–water partition coefficient (Wildman–Crippen LogP) is 6.37. The molecule has 1 N–H and O–H groups in total. The largest absolute Gasteiger partial charge is 0.354 e. The monoisotopic (exact) mass is 365 g/mol. The zero-order valence-electron chi connectivity index (χ0n) is 13.1. The molecule has 0 radical (unpaired) electrons. The molecule has 4 aromatic rings. The molecule has 0 unspecified atom stereocenters. The number of hydrogen-bond donors (Lipinski definition) is 1. The van der Waals surface area contributed by atoms with Gasteiger partial charge in [-0.05, 0) is 48.0 Å². The van der Waals surface area contributed by atoms with Crippen molar-refractivity contribution in [1.29, 1.82) is 0 Å². The first-order valence-electron chi connectivity index (χ1n) is 7.80. The Bertz CT molecular complexity index is 1060. The summed E-state index contributed by atoms with van der Waals surface area (Å²) in [5.74, 6) is -0.0425. The molecule has 25 heavy (non-hydrogen) atoms. The zero-order valence-corrected chi connectivity index (χ0v) is 14.6. The van der Waals surface area contributed by atoms with Gasteiger partial charge in [-0.3, -0.25) is 4.79 Å². The highest BCUT2D eigenvalue weighted by atomic mass is 35.5. The molecule has 0 atom stereocenters. The number of aromatic amines is 1. The second kappa shape index (κ2) is 6.40. The topological polar surface area (TPSA) is 32.9 Å². The number of carbonyl (C=O) groups excluding carboxylic acids is 1. The maximum Gasteiger partial charge on any atom is 0.195 e. The van der Waals surface area contributed by atoms with Crippen LogP contribution in [-0.4, -0.2) is 10.8 Å². The lowest BCUT2D eigenvalue weighted by atomic mass is 9.97. The Morgan fingerprint density at radius 3 is 2.04 bits per heavy atom. The van der Waals surface area contributed by atoms with Crippen LogP contribution in [0.15, 0.2) is 72.8 Å². The number of para-hydroxylation sites is 1. The number of halogens is 2. The number of nitrogens with one attached hydrogen (secondary N) is 1. The van der Waals surface area contributed by atoms with Gasteiger partial charge in [-0.15, -0.1) is 0 Å². The van der Waals surface area contributed by atoms with Crippen LogP contribution in [0.4, 0.5) is 0 Å². The van der Waals surface area contributed by atoms with Gasteiger partial charge in [0.2, 0.25) is 0 Å². The van der Waals surface area contributed by atoms with Gasteiger partial charge in [-0.1, -0.05) is 53.5 Å².